The summed E-state index contributed by atoms with van der Waals surface area (Å²) in [6.45, 7) is 9.46. The smallest absolute Gasteiger partial charge is 0.374 e. The van der Waals surface area contributed by atoms with Crippen molar-refractivity contribution in [2.75, 3.05) is 19.8 Å². The predicted octanol–water partition coefficient (Wildman–Crippen LogP) is 5.73. The SMILES string of the molecule is CCO[Si](CC1(c2nc3ccccc3s2)CC(=S)C(=S)C(C)C1=S)(OCC)OCC. The summed E-state index contributed by atoms with van der Waals surface area (Å²) in [6, 6.07) is 8.65. The van der Waals surface area contributed by atoms with E-state index in [1.807, 2.05) is 45.9 Å². The van der Waals surface area contributed by atoms with Crippen molar-refractivity contribution in [3.8, 4) is 0 Å². The molecular formula is C21H27NO3S4Si. The van der Waals surface area contributed by atoms with Crippen LogP contribution in [0, 0.1) is 5.92 Å². The minimum Gasteiger partial charge on any atom is -0.374 e. The normalized spacial score (nSPS) is 22.8. The Balaban J connectivity index is 2.19. The minimum absolute atomic E-state index is 0.0835. The number of para-hydroxylation sites is 1. The van der Waals surface area contributed by atoms with Gasteiger partial charge in [-0.1, -0.05) is 55.7 Å². The van der Waals surface area contributed by atoms with Crippen LogP contribution in [-0.4, -0.2) is 48.2 Å². The molecule has 1 aliphatic carbocycles. The van der Waals surface area contributed by atoms with Crippen molar-refractivity contribution in [3.63, 3.8) is 0 Å². The van der Waals surface area contributed by atoms with Crippen molar-refractivity contribution < 1.29 is 13.3 Å². The average molecular weight is 498 g/mol. The summed E-state index contributed by atoms with van der Waals surface area (Å²) >= 11 is 19.1. The largest absolute Gasteiger partial charge is 0.502 e. The van der Waals surface area contributed by atoms with Crippen LogP contribution in [0.25, 0.3) is 10.2 Å². The lowest BCUT2D eigenvalue weighted by Gasteiger charge is -2.43. The van der Waals surface area contributed by atoms with Gasteiger partial charge in [0.15, 0.2) is 0 Å². The molecule has 0 radical (unpaired) electrons. The lowest BCUT2D eigenvalue weighted by molar-refractivity contribution is 0.0677. The molecule has 162 valence electrons. The number of hydrogen-bond donors (Lipinski definition) is 0. The fourth-order valence-corrected chi connectivity index (χ4v) is 9.65. The maximum absolute atomic E-state index is 6.21. The van der Waals surface area contributed by atoms with Crippen LogP contribution in [0.15, 0.2) is 24.3 Å². The molecule has 0 spiro atoms. The first kappa shape index (κ1) is 24.1. The minimum atomic E-state index is -3.03. The fraction of sp³-hybridized carbons (Fsp3) is 0.524. The molecule has 0 saturated heterocycles. The standard InChI is InChI=1S/C21H27NO3S4Si/c1-5-23-30(24-6-2,25-7-3)13-21(12-16(26)18(27)14(4)19(21)28)20-22-15-10-8-9-11-17(15)29-20/h8-11,14H,5-7,12-13H2,1-4H3. The van der Waals surface area contributed by atoms with E-state index in [1.54, 1.807) is 11.3 Å². The molecule has 0 bridgehead atoms. The molecule has 1 aliphatic rings. The molecule has 1 aromatic heterocycles. The molecule has 1 heterocycles. The number of nitrogens with zero attached hydrogens (tertiary/aromatic N) is 1. The van der Waals surface area contributed by atoms with E-state index < -0.39 is 14.2 Å². The van der Waals surface area contributed by atoms with Gasteiger partial charge in [-0.3, -0.25) is 0 Å². The van der Waals surface area contributed by atoms with Gasteiger partial charge in [0.1, 0.15) is 5.01 Å². The highest BCUT2D eigenvalue weighted by Gasteiger charge is 2.56. The Kier molecular flexibility index (Phi) is 8.00. The first-order chi connectivity index (χ1) is 14.3. The molecule has 0 N–H and O–H groups in total. The van der Waals surface area contributed by atoms with E-state index in [9.17, 15) is 0 Å². The van der Waals surface area contributed by atoms with Gasteiger partial charge in [-0.15, -0.1) is 11.3 Å². The van der Waals surface area contributed by atoms with Crippen LogP contribution in [0.1, 0.15) is 39.1 Å². The first-order valence-electron chi connectivity index (χ1n) is 10.2. The Bertz CT molecular complexity index is 913. The predicted molar refractivity (Wildman–Crippen MR) is 138 cm³/mol. The van der Waals surface area contributed by atoms with Crippen LogP contribution in [0.4, 0.5) is 0 Å². The monoisotopic (exact) mass is 497 g/mol. The second-order valence-corrected chi connectivity index (χ2v) is 12.3. The number of thiazole rings is 1. The summed E-state index contributed by atoms with van der Waals surface area (Å²) in [5, 5.41) is 0.946. The zero-order chi connectivity index (χ0) is 21.9. The summed E-state index contributed by atoms with van der Waals surface area (Å²) in [4.78, 5) is 7.40. The number of thiocarbonyl (C=S) groups is 3. The third kappa shape index (κ3) is 4.49. The molecule has 0 amide bonds. The second-order valence-electron chi connectivity index (χ2n) is 7.28. The Labute approximate surface area is 199 Å². The van der Waals surface area contributed by atoms with Gasteiger partial charge in [0.05, 0.1) is 15.6 Å². The topological polar surface area (TPSA) is 40.6 Å². The van der Waals surface area contributed by atoms with E-state index in [-0.39, 0.29) is 5.92 Å². The van der Waals surface area contributed by atoms with E-state index in [2.05, 4.69) is 6.07 Å². The van der Waals surface area contributed by atoms with E-state index in [0.29, 0.717) is 32.3 Å². The fourth-order valence-electron chi connectivity index (χ4n) is 4.01. The van der Waals surface area contributed by atoms with Gasteiger partial charge in [0.25, 0.3) is 0 Å². The number of benzene rings is 1. The molecule has 3 rings (SSSR count). The third-order valence-corrected chi connectivity index (χ3v) is 11.6. The second kappa shape index (κ2) is 9.95. The molecule has 2 atom stereocenters. The molecule has 4 nitrogen and oxygen atoms in total. The molecule has 1 saturated carbocycles. The van der Waals surface area contributed by atoms with Gasteiger partial charge in [0, 0.05) is 52.8 Å². The van der Waals surface area contributed by atoms with Gasteiger partial charge < -0.3 is 13.3 Å². The Morgan fingerprint density at radius 1 is 1.07 bits per heavy atom. The van der Waals surface area contributed by atoms with Crippen molar-refractivity contribution in [3.05, 3.63) is 29.3 Å². The Morgan fingerprint density at radius 2 is 1.67 bits per heavy atom. The van der Waals surface area contributed by atoms with Crippen LogP contribution in [-0.2, 0) is 18.7 Å². The summed E-state index contributed by atoms with van der Waals surface area (Å²) in [6.07, 6.45) is 0.548. The zero-order valence-electron chi connectivity index (χ0n) is 17.7. The summed E-state index contributed by atoms with van der Waals surface area (Å²) in [5.74, 6) is -0.0835. The molecule has 9 heteroatoms. The van der Waals surface area contributed by atoms with E-state index >= 15 is 0 Å². The third-order valence-electron chi connectivity index (χ3n) is 5.31. The molecule has 1 fully saturated rings. The maximum atomic E-state index is 6.21. The van der Waals surface area contributed by atoms with Gasteiger partial charge in [0.2, 0.25) is 0 Å². The number of hydrogen-bond acceptors (Lipinski definition) is 8. The van der Waals surface area contributed by atoms with Gasteiger partial charge in [-0.2, -0.15) is 0 Å². The van der Waals surface area contributed by atoms with Gasteiger partial charge >= 0.3 is 8.80 Å². The van der Waals surface area contributed by atoms with E-state index in [4.69, 9.17) is 54.9 Å². The summed E-state index contributed by atoms with van der Waals surface area (Å²) < 4.78 is 19.8. The Hall–Kier alpha value is -0.523. The van der Waals surface area contributed by atoms with Crippen molar-refractivity contribution in [2.24, 2.45) is 5.92 Å². The number of rotatable bonds is 9. The van der Waals surface area contributed by atoms with Crippen LogP contribution in [0.2, 0.25) is 6.04 Å². The summed E-state index contributed by atoms with van der Waals surface area (Å²) in [5.41, 5.74) is 0.367. The highest BCUT2D eigenvalue weighted by Crippen LogP contribution is 2.47. The van der Waals surface area contributed by atoms with Crippen molar-refractivity contribution in [1.29, 1.82) is 0 Å². The first-order valence-corrected chi connectivity index (χ1v) is 14.2. The summed E-state index contributed by atoms with van der Waals surface area (Å²) in [7, 11) is -3.03. The average Bonchev–Trinajstić information content (AvgIpc) is 3.16. The molecule has 0 aliphatic heterocycles. The van der Waals surface area contributed by atoms with Crippen LogP contribution in [0.3, 0.4) is 0 Å². The van der Waals surface area contributed by atoms with Crippen molar-refractivity contribution >= 4 is 81.6 Å². The van der Waals surface area contributed by atoms with Gasteiger partial charge in [-0.05, 0) is 32.9 Å². The molecular weight excluding hydrogens is 471 g/mol. The molecule has 1 aromatic carbocycles. The quantitative estimate of drug-likeness (QED) is 0.323. The van der Waals surface area contributed by atoms with Crippen LogP contribution >= 0.6 is 48.0 Å². The maximum Gasteiger partial charge on any atom is 0.502 e. The highest BCUT2D eigenvalue weighted by molar-refractivity contribution is 7.90. The zero-order valence-corrected chi connectivity index (χ0v) is 22.0. The lowest BCUT2D eigenvalue weighted by Crippen LogP contribution is -2.57. The van der Waals surface area contributed by atoms with Crippen LogP contribution < -0.4 is 0 Å². The molecule has 2 unspecified atom stereocenters. The van der Waals surface area contributed by atoms with E-state index in [1.165, 1.54) is 0 Å². The molecule has 30 heavy (non-hydrogen) atoms. The lowest BCUT2D eigenvalue weighted by atomic mass is 9.71. The Morgan fingerprint density at radius 3 is 2.23 bits per heavy atom. The van der Waals surface area contributed by atoms with E-state index in [0.717, 1.165) is 29.8 Å². The number of aromatic nitrogens is 1. The highest BCUT2D eigenvalue weighted by atomic mass is 32.1. The van der Waals surface area contributed by atoms with Crippen LogP contribution in [0.5, 0.6) is 0 Å². The van der Waals surface area contributed by atoms with Crippen molar-refractivity contribution in [1.82, 2.24) is 4.98 Å². The van der Waals surface area contributed by atoms with Crippen molar-refractivity contribution in [2.45, 2.75) is 45.6 Å². The molecule has 2 aromatic rings. The van der Waals surface area contributed by atoms with Gasteiger partial charge in [-0.25, -0.2) is 4.98 Å². The number of fused-ring (bicyclic) bond motifs is 1.